The standard InChI is InChI=1S/C17H15N3O2/c21-9-10-22-13-11-16(14-5-1-3-7-18-14)20-17(12-13)15-6-2-4-8-19-15/h1-8,11-12,21H,9-10H2. The van der Waals surface area contributed by atoms with Crippen molar-refractivity contribution in [1.29, 1.82) is 0 Å². The molecule has 0 saturated carbocycles. The van der Waals surface area contributed by atoms with E-state index in [0.717, 1.165) is 11.4 Å². The molecule has 0 aliphatic rings. The molecule has 0 saturated heterocycles. The van der Waals surface area contributed by atoms with Crippen LogP contribution in [-0.4, -0.2) is 33.3 Å². The maximum Gasteiger partial charge on any atom is 0.123 e. The smallest absolute Gasteiger partial charge is 0.123 e. The Morgan fingerprint density at radius 2 is 1.41 bits per heavy atom. The van der Waals surface area contributed by atoms with Gasteiger partial charge in [0.25, 0.3) is 0 Å². The van der Waals surface area contributed by atoms with E-state index in [1.165, 1.54) is 0 Å². The molecule has 3 heterocycles. The molecule has 0 amide bonds. The topological polar surface area (TPSA) is 68.1 Å². The number of aliphatic hydroxyl groups excluding tert-OH is 1. The third kappa shape index (κ3) is 3.27. The fourth-order valence-electron chi connectivity index (χ4n) is 2.04. The van der Waals surface area contributed by atoms with E-state index in [1.54, 1.807) is 12.4 Å². The average molecular weight is 293 g/mol. The first-order valence-corrected chi connectivity index (χ1v) is 6.95. The number of aromatic nitrogens is 3. The van der Waals surface area contributed by atoms with E-state index in [1.807, 2.05) is 48.5 Å². The molecular formula is C17H15N3O2. The van der Waals surface area contributed by atoms with Crippen molar-refractivity contribution in [2.24, 2.45) is 0 Å². The molecule has 0 aromatic carbocycles. The zero-order valence-electron chi connectivity index (χ0n) is 11.9. The minimum absolute atomic E-state index is 0.0415. The number of pyridine rings is 3. The molecule has 0 bridgehead atoms. The van der Waals surface area contributed by atoms with E-state index in [9.17, 15) is 0 Å². The Kier molecular flexibility index (Phi) is 4.36. The molecular weight excluding hydrogens is 278 g/mol. The van der Waals surface area contributed by atoms with Crippen molar-refractivity contribution in [3.63, 3.8) is 0 Å². The first kappa shape index (κ1) is 14.2. The van der Waals surface area contributed by atoms with Crippen LogP contribution in [0.1, 0.15) is 0 Å². The van der Waals surface area contributed by atoms with Gasteiger partial charge >= 0.3 is 0 Å². The molecule has 5 heteroatoms. The van der Waals surface area contributed by atoms with Crippen LogP contribution >= 0.6 is 0 Å². The lowest BCUT2D eigenvalue weighted by Crippen LogP contribution is -2.03. The minimum Gasteiger partial charge on any atom is -0.491 e. The van der Waals surface area contributed by atoms with Crippen molar-refractivity contribution >= 4 is 0 Å². The predicted octanol–water partition coefficient (Wildman–Crippen LogP) is 2.58. The summed E-state index contributed by atoms with van der Waals surface area (Å²) in [6.45, 7) is 0.188. The van der Waals surface area contributed by atoms with Crippen molar-refractivity contribution in [3.8, 4) is 28.5 Å². The van der Waals surface area contributed by atoms with Crippen LogP contribution in [-0.2, 0) is 0 Å². The van der Waals surface area contributed by atoms with Gasteiger partial charge in [0.05, 0.1) is 29.4 Å². The third-order valence-electron chi connectivity index (χ3n) is 3.01. The van der Waals surface area contributed by atoms with Gasteiger partial charge in [-0.15, -0.1) is 0 Å². The molecule has 5 nitrogen and oxygen atoms in total. The molecule has 0 aliphatic carbocycles. The monoisotopic (exact) mass is 293 g/mol. The Bertz CT molecular complexity index is 676. The Hall–Kier alpha value is -2.79. The Labute approximate surface area is 128 Å². The van der Waals surface area contributed by atoms with E-state index >= 15 is 0 Å². The Balaban J connectivity index is 2.06. The van der Waals surface area contributed by atoms with Crippen molar-refractivity contribution in [2.75, 3.05) is 13.2 Å². The summed E-state index contributed by atoms with van der Waals surface area (Å²) in [6, 6.07) is 14.9. The van der Waals surface area contributed by atoms with Crippen LogP contribution in [0.3, 0.4) is 0 Å². The quantitative estimate of drug-likeness (QED) is 0.783. The maximum absolute atomic E-state index is 8.93. The summed E-state index contributed by atoms with van der Waals surface area (Å²) in [5, 5.41) is 8.93. The molecule has 3 aromatic rings. The molecule has 3 aromatic heterocycles. The maximum atomic E-state index is 8.93. The molecule has 3 rings (SSSR count). The zero-order valence-corrected chi connectivity index (χ0v) is 11.9. The second kappa shape index (κ2) is 6.78. The summed E-state index contributed by atoms with van der Waals surface area (Å²) in [7, 11) is 0. The Morgan fingerprint density at radius 3 is 1.86 bits per heavy atom. The van der Waals surface area contributed by atoms with Crippen LogP contribution in [0.15, 0.2) is 60.9 Å². The van der Waals surface area contributed by atoms with Crippen LogP contribution in [0.2, 0.25) is 0 Å². The summed E-state index contributed by atoms with van der Waals surface area (Å²) in [4.78, 5) is 13.2. The second-order valence-corrected chi connectivity index (χ2v) is 4.58. The molecule has 0 spiro atoms. The van der Waals surface area contributed by atoms with Gasteiger partial charge in [0.2, 0.25) is 0 Å². The van der Waals surface area contributed by atoms with Crippen molar-refractivity contribution in [1.82, 2.24) is 15.0 Å². The molecule has 110 valence electrons. The van der Waals surface area contributed by atoms with Crippen molar-refractivity contribution in [3.05, 3.63) is 60.9 Å². The van der Waals surface area contributed by atoms with Gasteiger partial charge in [-0.25, -0.2) is 4.98 Å². The predicted molar refractivity (Wildman–Crippen MR) is 83.3 cm³/mol. The van der Waals surface area contributed by atoms with Crippen LogP contribution < -0.4 is 4.74 Å². The number of ether oxygens (including phenoxy) is 1. The number of aliphatic hydroxyl groups is 1. The van der Waals surface area contributed by atoms with Gasteiger partial charge in [0.1, 0.15) is 12.4 Å². The number of hydrogen-bond donors (Lipinski definition) is 1. The first-order valence-electron chi connectivity index (χ1n) is 6.95. The van der Waals surface area contributed by atoms with E-state index in [-0.39, 0.29) is 13.2 Å². The van der Waals surface area contributed by atoms with Crippen LogP contribution in [0.5, 0.6) is 5.75 Å². The SMILES string of the molecule is OCCOc1cc(-c2ccccn2)nc(-c2ccccn2)c1. The highest BCUT2D eigenvalue weighted by Crippen LogP contribution is 2.26. The third-order valence-corrected chi connectivity index (χ3v) is 3.01. The van der Waals surface area contributed by atoms with Crippen molar-refractivity contribution in [2.45, 2.75) is 0 Å². The highest BCUT2D eigenvalue weighted by molar-refractivity contribution is 5.64. The summed E-state index contributed by atoms with van der Waals surface area (Å²) >= 11 is 0. The van der Waals surface area contributed by atoms with Crippen LogP contribution in [0.4, 0.5) is 0 Å². The summed E-state index contributed by atoms with van der Waals surface area (Å²) in [5.41, 5.74) is 2.93. The van der Waals surface area contributed by atoms with Crippen molar-refractivity contribution < 1.29 is 9.84 Å². The number of rotatable bonds is 5. The normalized spacial score (nSPS) is 10.4. The summed E-state index contributed by atoms with van der Waals surface area (Å²) in [5.74, 6) is 0.630. The zero-order chi connectivity index (χ0) is 15.2. The molecule has 1 N–H and O–H groups in total. The fraction of sp³-hybridized carbons (Fsp3) is 0.118. The largest absolute Gasteiger partial charge is 0.491 e. The molecule has 0 unspecified atom stereocenters. The van der Waals surface area contributed by atoms with Gasteiger partial charge in [0, 0.05) is 24.5 Å². The summed E-state index contributed by atoms with van der Waals surface area (Å²) < 4.78 is 5.53. The van der Waals surface area contributed by atoms with E-state index in [0.29, 0.717) is 17.1 Å². The lowest BCUT2D eigenvalue weighted by atomic mass is 10.2. The molecule has 22 heavy (non-hydrogen) atoms. The highest BCUT2D eigenvalue weighted by Gasteiger charge is 2.09. The number of hydrogen-bond acceptors (Lipinski definition) is 5. The van der Waals surface area contributed by atoms with E-state index < -0.39 is 0 Å². The highest BCUT2D eigenvalue weighted by atomic mass is 16.5. The van der Waals surface area contributed by atoms with Gasteiger partial charge in [-0.05, 0) is 24.3 Å². The molecule has 0 atom stereocenters. The Morgan fingerprint density at radius 1 is 0.818 bits per heavy atom. The van der Waals surface area contributed by atoms with Gasteiger partial charge < -0.3 is 9.84 Å². The van der Waals surface area contributed by atoms with Gasteiger partial charge in [-0.3, -0.25) is 9.97 Å². The number of nitrogens with zero attached hydrogens (tertiary/aromatic N) is 3. The van der Waals surface area contributed by atoms with Gasteiger partial charge in [-0.2, -0.15) is 0 Å². The lowest BCUT2D eigenvalue weighted by molar-refractivity contribution is 0.201. The molecule has 0 fully saturated rings. The lowest BCUT2D eigenvalue weighted by Gasteiger charge is -2.09. The summed E-state index contributed by atoms with van der Waals surface area (Å²) in [6.07, 6.45) is 3.44. The van der Waals surface area contributed by atoms with Crippen LogP contribution in [0.25, 0.3) is 22.8 Å². The van der Waals surface area contributed by atoms with Crippen LogP contribution in [0, 0.1) is 0 Å². The minimum atomic E-state index is -0.0415. The van der Waals surface area contributed by atoms with E-state index in [4.69, 9.17) is 9.84 Å². The molecule has 0 radical (unpaired) electrons. The van der Waals surface area contributed by atoms with E-state index in [2.05, 4.69) is 15.0 Å². The average Bonchev–Trinajstić information content (AvgIpc) is 2.61. The van der Waals surface area contributed by atoms with Gasteiger partial charge in [0.15, 0.2) is 0 Å². The second-order valence-electron chi connectivity index (χ2n) is 4.58. The fourth-order valence-corrected chi connectivity index (χ4v) is 2.04. The molecule has 0 aliphatic heterocycles. The van der Waals surface area contributed by atoms with Gasteiger partial charge in [-0.1, -0.05) is 12.1 Å². The first-order chi connectivity index (χ1) is 10.9.